The van der Waals surface area contributed by atoms with Gasteiger partial charge in [0.05, 0.1) is 5.54 Å². The lowest BCUT2D eigenvalue weighted by molar-refractivity contribution is 0.341. The van der Waals surface area contributed by atoms with Gasteiger partial charge < -0.3 is 15.5 Å². The molecule has 3 rings (SSSR count). The van der Waals surface area contributed by atoms with E-state index in [1.54, 1.807) is 6.33 Å². The number of nitrogens with zero attached hydrogens (tertiary/aromatic N) is 6. The van der Waals surface area contributed by atoms with Gasteiger partial charge in [0.1, 0.15) is 18.7 Å². The van der Waals surface area contributed by atoms with Crippen LogP contribution in [0.5, 0.6) is 0 Å². The zero-order valence-electron chi connectivity index (χ0n) is 16.0. The van der Waals surface area contributed by atoms with Gasteiger partial charge in [0, 0.05) is 36.9 Å². The highest BCUT2D eigenvalue weighted by molar-refractivity contribution is 14.0. The third-order valence-electron chi connectivity index (χ3n) is 4.43. The third-order valence-corrected chi connectivity index (χ3v) is 4.68. The molecule has 1 aliphatic rings. The van der Waals surface area contributed by atoms with Crippen LogP contribution in [0, 0.1) is 0 Å². The first kappa shape index (κ1) is 21.7. The van der Waals surface area contributed by atoms with E-state index in [-0.39, 0.29) is 29.5 Å². The number of nitrogens with two attached hydrogens (primary N) is 1. The molecule has 2 aromatic rings. The van der Waals surface area contributed by atoms with E-state index in [4.69, 9.17) is 17.3 Å². The number of aliphatic imine (C=N–C) groups is 1. The number of halogens is 2. The minimum absolute atomic E-state index is 0. The maximum atomic E-state index is 6.21. The zero-order chi connectivity index (χ0) is 18.7. The van der Waals surface area contributed by atoms with E-state index in [0.29, 0.717) is 12.5 Å². The normalized spacial score (nSPS) is 15.6. The van der Waals surface area contributed by atoms with Crippen molar-refractivity contribution in [2.24, 2.45) is 10.7 Å². The van der Waals surface area contributed by atoms with Gasteiger partial charge in [-0.3, -0.25) is 0 Å². The van der Waals surface area contributed by atoms with Crippen LogP contribution in [0.3, 0.4) is 0 Å². The second-order valence-corrected chi connectivity index (χ2v) is 7.82. The molecule has 2 heterocycles. The van der Waals surface area contributed by atoms with Crippen LogP contribution >= 0.6 is 35.6 Å². The van der Waals surface area contributed by atoms with Gasteiger partial charge in [-0.15, -0.1) is 24.0 Å². The minimum atomic E-state index is -0.125. The average Bonchev–Trinajstić information content (AvgIpc) is 3.09. The van der Waals surface area contributed by atoms with E-state index in [0.717, 1.165) is 37.0 Å². The largest absolute Gasteiger partial charge is 0.370 e. The summed E-state index contributed by atoms with van der Waals surface area (Å²) in [7, 11) is 0. The fraction of sp³-hybridized carbons (Fsp3) is 0.500. The summed E-state index contributed by atoms with van der Waals surface area (Å²) in [6.07, 6.45) is 1.57. The van der Waals surface area contributed by atoms with E-state index >= 15 is 0 Å². The summed E-state index contributed by atoms with van der Waals surface area (Å²) in [5.41, 5.74) is 7.27. The lowest BCUT2D eigenvalue weighted by atomic mass is 10.1. The fourth-order valence-electron chi connectivity index (χ4n) is 3.03. The van der Waals surface area contributed by atoms with Gasteiger partial charge in [0.25, 0.3) is 0 Å². The Kier molecular flexibility index (Phi) is 7.32. The molecule has 0 spiro atoms. The summed E-state index contributed by atoms with van der Waals surface area (Å²) in [4.78, 5) is 13.3. The first-order chi connectivity index (χ1) is 12.3. The average molecular weight is 504 g/mol. The molecule has 0 atom stereocenters. The van der Waals surface area contributed by atoms with Gasteiger partial charge in [-0.05, 0) is 45.0 Å². The number of hydrogen-bond donors (Lipinski definition) is 1. The van der Waals surface area contributed by atoms with Crippen molar-refractivity contribution in [2.75, 3.05) is 31.1 Å². The van der Waals surface area contributed by atoms with Crippen LogP contribution in [0.1, 0.15) is 26.6 Å². The molecule has 1 aliphatic heterocycles. The SMILES string of the molecule is CC(C)(C)n1ncnc1CN=C(N)N1CCN(c2ccc(Cl)cc2)CC1.I. The Hall–Kier alpha value is -1.55. The molecule has 0 bridgehead atoms. The second-order valence-electron chi connectivity index (χ2n) is 7.38. The molecule has 0 amide bonds. The molecule has 1 fully saturated rings. The number of anilines is 1. The predicted octanol–water partition coefficient (Wildman–Crippen LogP) is 2.94. The van der Waals surface area contributed by atoms with Crippen molar-refractivity contribution in [3.8, 4) is 0 Å². The Morgan fingerprint density at radius 1 is 1.15 bits per heavy atom. The molecule has 27 heavy (non-hydrogen) atoms. The molecule has 1 aromatic carbocycles. The van der Waals surface area contributed by atoms with E-state index < -0.39 is 0 Å². The number of rotatable bonds is 3. The van der Waals surface area contributed by atoms with E-state index in [1.165, 1.54) is 5.69 Å². The van der Waals surface area contributed by atoms with Crippen LogP contribution in [0.2, 0.25) is 5.02 Å². The van der Waals surface area contributed by atoms with Crippen molar-refractivity contribution in [2.45, 2.75) is 32.9 Å². The summed E-state index contributed by atoms with van der Waals surface area (Å²) in [6, 6.07) is 7.94. The van der Waals surface area contributed by atoms with Crippen LogP contribution in [-0.2, 0) is 12.1 Å². The first-order valence-electron chi connectivity index (χ1n) is 8.79. The highest BCUT2D eigenvalue weighted by Crippen LogP contribution is 2.19. The lowest BCUT2D eigenvalue weighted by Gasteiger charge is -2.36. The predicted molar refractivity (Wildman–Crippen MR) is 121 cm³/mol. The second kappa shape index (κ2) is 9.09. The number of guanidine groups is 1. The Bertz CT molecular complexity index is 759. The molecule has 0 unspecified atom stereocenters. The van der Waals surface area contributed by atoms with Gasteiger partial charge in [0.15, 0.2) is 5.96 Å². The minimum Gasteiger partial charge on any atom is -0.370 e. The van der Waals surface area contributed by atoms with E-state index in [2.05, 4.69) is 57.8 Å². The summed E-state index contributed by atoms with van der Waals surface area (Å²) in [5.74, 6) is 1.38. The Morgan fingerprint density at radius 3 is 2.37 bits per heavy atom. The van der Waals surface area contributed by atoms with Gasteiger partial charge in [0.2, 0.25) is 0 Å². The van der Waals surface area contributed by atoms with Crippen molar-refractivity contribution in [1.82, 2.24) is 19.7 Å². The van der Waals surface area contributed by atoms with Crippen molar-refractivity contribution < 1.29 is 0 Å². The molecule has 1 aromatic heterocycles. The Labute approximate surface area is 182 Å². The molecule has 0 aliphatic carbocycles. The van der Waals surface area contributed by atoms with Crippen LogP contribution in [0.4, 0.5) is 5.69 Å². The highest BCUT2D eigenvalue weighted by Gasteiger charge is 2.20. The van der Waals surface area contributed by atoms with Gasteiger partial charge in [-0.2, -0.15) is 5.10 Å². The molecular weight excluding hydrogens is 477 g/mol. The van der Waals surface area contributed by atoms with Gasteiger partial charge in [-0.25, -0.2) is 14.7 Å². The molecule has 0 radical (unpaired) electrons. The van der Waals surface area contributed by atoms with Crippen LogP contribution < -0.4 is 10.6 Å². The Morgan fingerprint density at radius 2 is 1.78 bits per heavy atom. The number of piperazine rings is 1. The molecule has 1 saturated heterocycles. The van der Waals surface area contributed by atoms with Crippen LogP contribution in [0.25, 0.3) is 0 Å². The number of hydrogen-bond acceptors (Lipinski definition) is 4. The summed E-state index contributed by atoms with van der Waals surface area (Å²) in [6.45, 7) is 10.2. The molecular formula is C18H27ClIN7. The van der Waals surface area contributed by atoms with Gasteiger partial charge >= 0.3 is 0 Å². The summed E-state index contributed by atoms with van der Waals surface area (Å²) >= 11 is 5.96. The Balaban J connectivity index is 0.00000261. The zero-order valence-corrected chi connectivity index (χ0v) is 19.1. The number of aromatic nitrogens is 3. The van der Waals surface area contributed by atoms with E-state index in [1.807, 2.05) is 16.8 Å². The standard InChI is InChI=1S/C18H26ClN7.HI/c1-18(2,3)26-16(22-13-23-26)12-21-17(20)25-10-8-24(9-11-25)15-6-4-14(19)5-7-15;/h4-7,13H,8-12H2,1-3H3,(H2,20,21);1H. The maximum absolute atomic E-state index is 6.21. The molecule has 148 valence electrons. The quantitative estimate of drug-likeness (QED) is 0.396. The van der Waals surface area contributed by atoms with Crippen LogP contribution in [-0.4, -0.2) is 51.8 Å². The van der Waals surface area contributed by atoms with Crippen LogP contribution in [0.15, 0.2) is 35.6 Å². The van der Waals surface area contributed by atoms with Crippen molar-refractivity contribution >= 4 is 47.2 Å². The highest BCUT2D eigenvalue weighted by atomic mass is 127. The molecule has 2 N–H and O–H groups in total. The first-order valence-corrected chi connectivity index (χ1v) is 9.17. The van der Waals surface area contributed by atoms with Crippen molar-refractivity contribution in [3.63, 3.8) is 0 Å². The summed E-state index contributed by atoms with van der Waals surface area (Å²) < 4.78 is 1.89. The smallest absolute Gasteiger partial charge is 0.191 e. The third kappa shape index (κ3) is 5.47. The molecule has 0 saturated carbocycles. The maximum Gasteiger partial charge on any atom is 0.191 e. The topological polar surface area (TPSA) is 75.6 Å². The fourth-order valence-corrected chi connectivity index (χ4v) is 3.16. The summed E-state index contributed by atoms with van der Waals surface area (Å²) in [5, 5.41) is 5.05. The molecule has 7 nitrogen and oxygen atoms in total. The van der Waals surface area contributed by atoms with Crippen molar-refractivity contribution in [1.29, 1.82) is 0 Å². The number of benzene rings is 1. The van der Waals surface area contributed by atoms with Gasteiger partial charge in [-0.1, -0.05) is 11.6 Å². The monoisotopic (exact) mass is 503 g/mol. The van der Waals surface area contributed by atoms with Crippen molar-refractivity contribution in [3.05, 3.63) is 41.4 Å². The lowest BCUT2D eigenvalue weighted by Crippen LogP contribution is -2.51. The van der Waals surface area contributed by atoms with E-state index in [9.17, 15) is 0 Å². The molecule has 9 heteroatoms.